The molecule has 1 aliphatic rings. The Kier molecular flexibility index (Phi) is 2.14. The number of nitrogens with zero attached hydrogens (tertiary/aromatic N) is 1. The second-order valence-corrected chi connectivity index (χ2v) is 4.97. The van der Waals surface area contributed by atoms with Crippen LogP contribution in [0.25, 0.3) is 0 Å². The molecular weight excluding hydrogens is 218 g/mol. The quantitative estimate of drug-likeness (QED) is 0.741. The number of carbonyl (C=O) groups excluding carboxylic acids is 1. The Balaban J connectivity index is 1.93. The van der Waals surface area contributed by atoms with E-state index in [2.05, 4.69) is 29.2 Å². The van der Waals surface area contributed by atoms with Gasteiger partial charge in [-0.15, -0.1) is 11.3 Å². The van der Waals surface area contributed by atoms with Crippen LogP contribution in [0.1, 0.15) is 39.5 Å². The van der Waals surface area contributed by atoms with Crippen LogP contribution >= 0.6 is 11.3 Å². The zero-order valence-corrected chi connectivity index (χ0v) is 9.75. The summed E-state index contributed by atoms with van der Waals surface area (Å²) in [4.78, 5) is 15.6. The largest absolute Gasteiger partial charge is 0.293 e. The number of hydrogen-bond acceptors (Lipinski definition) is 3. The molecule has 3 rings (SSSR count). The first-order chi connectivity index (χ1) is 7.75. The fraction of sp³-hybridized carbons (Fsp3) is 0.231. The van der Waals surface area contributed by atoms with Crippen LogP contribution in [-0.2, 0) is 6.42 Å². The molecule has 1 aromatic heterocycles. The SMILES string of the molecule is CC(=O)c1csc(C2Cc3ccccc32)n1. The summed E-state index contributed by atoms with van der Waals surface area (Å²) < 4.78 is 0. The Hall–Kier alpha value is -1.48. The summed E-state index contributed by atoms with van der Waals surface area (Å²) in [6.45, 7) is 1.56. The molecule has 0 radical (unpaired) electrons. The van der Waals surface area contributed by atoms with Gasteiger partial charge in [0, 0.05) is 18.2 Å². The Bertz CT molecular complexity index is 559. The van der Waals surface area contributed by atoms with E-state index in [1.165, 1.54) is 11.1 Å². The fourth-order valence-electron chi connectivity index (χ4n) is 2.09. The number of rotatable bonds is 2. The molecule has 0 saturated heterocycles. The Labute approximate surface area is 98.0 Å². The van der Waals surface area contributed by atoms with Crippen molar-refractivity contribution in [3.8, 4) is 0 Å². The Morgan fingerprint density at radius 1 is 1.44 bits per heavy atom. The van der Waals surface area contributed by atoms with Crippen LogP contribution in [-0.4, -0.2) is 10.8 Å². The number of Topliss-reactive ketones (excluding diaryl/α,β-unsaturated/α-hetero) is 1. The molecule has 1 aromatic carbocycles. The second-order valence-electron chi connectivity index (χ2n) is 4.08. The van der Waals surface area contributed by atoms with Gasteiger partial charge in [-0.2, -0.15) is 0 Å². The van der Waals surface area contributed by atoms with Crippen LogP contribution in [0.3, 0.4) is 0 Å². The lowest BCUT2D eigenvalue weighted by Crippen LogP contribution is -2.17. The first-order valence-electron chi connectivity index (χ1n) is 5.30. The fourth-order valence-corrected chi connectivity index (χ4v) is 3.07. The number of thiazole rings is 1. The number of hydrogen-bond donors (Lipinski definition) is 0. The van der Waals surface area contributed by atoms with Crippen molar-refractivity contribution in [2.45, 2.75) is 19.3 Å². The van der Waals surface area contributed by atoms with E-state index in [0.29, 0.717) is 11.6 Å². The first kappa shape index (κ1) is 9.73. The van der Waals surface area contributed by atoms with Crippen molar-refractivity contribution in [1.29, 1.82) is 0 Å². The molecule has 2 nitrogen and oxygen atoms in total. The summed E-state index contributed by atoms with van der Waals surface area (Å²) in [6.07, 6.45) is 1.06. The van der Waals surface area contributed by atoms with E-state index >= 15 is 0 Å². The van der Waals surface area contributed by atoms with Gasteiger partial charge in [0.25, 0.3) is 0 Å². The van der Waals surface area contributed by atoms with Crippen molar-refractivity contribution < 1.29 is 4.79 Å². The smallest absolute Gasteiger partial charge is 0.178 e. The molecule has 0 aliphatic heterocycles. The standard InChI is InChI=1S/C13H11NOS/c1-8(15)12-7-16-13(14-12)11-6-9-4-2-3-5-10(9)11/h2-5,7,11H,6H2,1H3. The lowest BCUT2D eigenvalue weighted by Gasteiger charge is -2.28. The van der Waals surface area contributed by atoms with Crippen molar-refractivity contribution in [3.63, 3.8) is 0 Å². The minimum absolute atomic E-state index is 0.0510. The van der Waals surface area contributed by atoms with Crippen LogP contribution in [0.4, 0.5) is 0 Å². The summed E-state index contributed by atoms with van der Waals surface area (Å²) >= 11 is 1.59. The molecule has 16 heavy (non-hydrogen) atoms. The molecule has 1 aliphatic carbocycles. The second kappa shape index (κ2) is 3.52. The van der Waals surface area contributed by atoms with Crippen molar-refractivity contribution >= 4 is 17.1 Å². The van der Waals surface area contributed by atoms with Gasteiger partial charge in [-0.25, -0.2) is 4.98 Å². The van der Waals surface area contributed by atoms with Crippen molar-refractivity contribution in [3.05, 3.63) is 51.5 Å². The maximum absolute atomic E-state index is 11.2. The molecule has 2 aromatic rings. The average Bonchev–Trinajstić information content (AvgIpc) is 2.69. The zero-order chi connectivity index (χ0) is 11.1. The van der Waals surface area contributed by atoms with Crippen molar-refractivity contribution in [1.82, 2.24) is 4.98 Å². The minimum atomic E-state index is 0.0510. The lowest BCUT2D eigenvalue weighted by atomic mass is 9.78. The van der Waals surface area contributed by atoms with E-state index in [1.54, 1.807) is 18.3 Å². The molecule has 0 bridgehead atoms. The highest BCUT2D eigenvalue weighted by molar-refractivity contribution is 7.10. The molecule has 1 heterocycles. The molecule has 0 spiro atoms. The van der Waals surface area contributed by atoms with Crippen LogP contribution in [0.2, 0.25) is 0 Å². The molecular formula is C13H11NOS. The summed E-state index contributed by atoms with van der Waals surface area (Å²) in [7, 11) is 0. The van der Waals surface area contributed by atoms with E-state index in [-0.39, 0.29) is 5.78 Å². The van der Waals surface area contributed by atoms with E-state index in [9.17, 15) is 4.79 Å². The summed E-state index contributed by atoms with van der Waals surface area (Å²) in [5.74, 6) is 0.462. The van der Waals surface area contributed by atoms with E-state index in [1.807, 2.05) is 5.38 Å². The number of benzene rings is 1. The summed E-state index contributed by atoms with van der Waals surface area (Å²) in [6, 6.07) is 8.44. The van der Waals surface area contributed by atoms with Gasteiger partial charge in [0.15, 0.2) is 5.78 Å². The van der Waals surface area contributed by atoms with Gasteiger partial charge < -0.3 is 0 Å². The molecule has 0 saturated carbocycles. The number of fused-ring (bicyclic) bond motifs is 1. The van der Waals surface area contributed by atoms with E-state index < -0.39 is 0 Å². The van der Waals surface area contributed by atoms with Gasteiger partial charge in [0.2, 0.25) is 0 Å². The van der Waals surface area contributed by atoms with Gasteiger partial charge in [0.1, 0.15) is 10.7 Å². The molecule has 3 heteroatoms. The van der Waals surface area contributed by atoms with Gasteiger partial charge in [-0.3, -0.25) is 4.79 Å². The molecule has 1 atom stereocenters. The number of carbonyl (C=O) groups is 1. The maximum atomic E-state index is 11.2. The molecule has 0 fully saturated rings. The Morgan fingerprint density at radius 2 is 2.25 bits per heavy atom. The van der Waals surface area contributed by atoms with Crippen LogP contribution in [0.15, 0.2) is 29.6 Å². The molecule has 0 amide bonds. The predicted octanol–water partition coefficient (Wildman–Crippen LogP) is 3.03. The van der Waals surface area contributed by atoms with Gasteiger partial charge in [0.05, 0.1) is 0 Å². The maximum Gasteiger partial charge on any atom is 0.178 e. The van der Waals surface area contributed by atoms with Crippen LogP contribution < -0.4 is 0 Å². The highest BCUT2D eigenvalue weighted by Gasteiger charge is 2.29. The lowest BCUT2D eigenvalue weighted by molar-refractivity contribution is 0.101. The third-order valence-electron chi connectivity index (χ3n) is 3.04. The van der Waals surface area contributed by atoms with Gasteiger partial charge >= 0.3 is 0 Å². The summed E-state index contributed by atoms with van der Waals surface area (Å²) in [5, 5.41) is 2.93. The third-order valence-corrected chi connectivity index (χ3v) is 3.99. The van der Waals surface area contributed by atoms with Crippen LogP contribution in [0, 0.1) is 0 Å². The molecule has 1 unspecified atom stereocenters. The van der Waals surface area contributed by atoms with Crippen LogP contribution in [0.5, 0.6) is 0 Å². The van der Waals surface area contributed by atoms with E-state index in [0.717, 1.165) is 11.4 Å². The Morgan fingerprint density at radius 3 is 2.94 bits per heavy atom. The number of aromatic nitrogens is 1. The highest BCUT2D eigenvalue weighted by Crippen LogP contribution is 2.40. The topological polar surface area (TPSA) is 30.0 Å². The highest BCUT2D eigenvalue weighted by atomic mass is 32.1. The monoisotopic (exact) mass is 229 g/mol. The predicted molar refractivity (Wildman–Crippen MR) is 64.1 cm³/mol. The number of ketones is 1. The van der Waals surface area contributed by atoms with Gasteiger partial charge in [-0.05, 0) is 17.5 Å². The molecule has 0 N–H and O–H groups in total. The normalized spacial score (nSPS) is 17.7. The average molecular weight is 229 g/mol. The molecule has 80 valence electrons. The van der Waals surface area contributed by atoms with Gasteiger partial charge in [-0.1, -0.05) is 24.3 Å². The van der Waals surface area contributed by atoms with Crippen molar-refractivity contribution in [2.24, 2.45) is 0 Å². The summed E-state index contributed by atoms with van der Waals surface area (Å²) in [5.41, 5.74) is 3.38. The third kappa shape index (κ3) is 1.39. The minimum Gasteiger partial charge on any atom is -0.293 e. The van der Waals surface area contributed by atoms with Crippen molar-refractivity contribution in [2.75, 3.05) is 0 Å². The van der Waals surface area contributed by atoms with E-state index in [4.69, 9.17) is 0 Å². The first-order valence-corrected chi connectivity index (χ1v) is 6.18. The zero-order valence-electron chi connectivity index (χ0n) is 8.93.